The van der Waals surface area contributed by atoms with Crippen LogP contribution in [-0.4, -0.2) is 49.3 Å². The number of fused-ring (bicyclic) bond motifs is 1. The van der Waals surface area contributed by atoms with Gasteiger partial charge in [-0.2, -0.15) is 4.72 Å². The van der Waals surface area contributed by atoms with Gasteiger partial charge in [0.05, 0.1) is 15.8 Å². The van der Waals surface area contributed by atoms with Crippen molar-refractivity contribution >= 4 is 26.8 Å². The molecule has 0 aliphatic heterocycles. The van der Waals surface area contributed by atoms with Gasteiger partial charge in [-0.3, -0.25) is 18.7 Å². The Morgan fingerprint density at radius 1 is 1.06 bits per heavy atom. The van der Waals surface area contributed by atoms with E-state index < -0.39 is 33.2 Å². The van der Waals surface area contributed by atoms with E-state index in [1.165, 1.54) is 36.9 Å². The highest BCUT2D eigenvalue weighted by molar-refractivity contribution is 7.89. The Hall–Kier alpha value is -3.28. The number of carbonyl (C=O) groups excluding carboxylic acids is 1. The maximum Gasteiger partial charge on any atom is 0.330 e. The number of carbonyl (C=O) groups is 1. The number of rotatable bonds is 11. The minimum absolute atomic E-state index is 0.0810. The lowest BCUT2D eigenvalue weighted by atomic mass is 10.1. The predicted octanol–water partition coefficient (Wildman–Crippen LogP) is 0.670. The summed E-state index contributed by atoms with van der Waals surface area (Å²) in [6.07, 6.45) is 0.734. The van der Waals surface area contributed by atoms with Crippen molar-refractivity contribution < 1.29 is 17.9 Å². The number of hydrogen-bond acceptors (Lipinski definition) is 6. The summed E-state index contributed by atoms with van der Waals surface area (Å²) in [5.74, 6) is -0.465. The zero-order valence-corrected chi connectivity index (χ0v) is 20.8. The lowest BCUT2D eigenvalue weighted by Crippen LogP contribution is -2.48. The van der Waals surface area contributed by atoms with Crippen molar-refractivity contribution in [2.24, 2.45) is 14.1 Å². The van der Waals surface area contributed by atoms with Crippen LogP contribution in [0.2, 0.25) is 0 Å². The average molecular weight is 503 g/mol. The molecule has 0 fully saturated rings. The first kappa shape index (κ1) is 26.3. The van der Waals surface area contributed by atoms with Crippen LogP contribution in [0.5, 0.6) is 0 Å². The van der Waals surface area contributed by atoms with E-state index in [9.17, 15) is 22.8 Å². The van der Waals surface area contributed by atoms with Crippen LogP contribution >= 0.6 is 0 Å². The molecule has 2 aromatic carbocycles. The van der Waals surface area contributed by atoms with Gasteiger partial charge in [-0.1, -0.05) is 30.3 Å². The molecule has 3 rings (SSSR count). The maximum absolute atomic E-state index is 13.3. The lowest BCUT2D eigenvalue weighted by Gasteiger charge is -2.19. The van der Waals surface area contributed by atoms with Crippen LogP contribution in [0.3, 0.4) is 0 Å². The molecule has 1 atom stereocenters. The molecule has 0 saturated heterocycles. The molecule has 11 heteroatoms. The second-order valence-electron chi connectivity index (χ2n) is 8.09. The molecule has 0 spiro atoms. The number of nitrogens with one attached hydrogen (secondary N) is 2. The molecule has 10 nitrogen and oxygen atoms in total. The first-order chi connectivity index (χ1) is 16.7. The molecular weight excluding hydrogens is 472 g/mol. The van der Waals surface area contributed by atoms with Gasteiger partial charge in [0.2, 0.25) is 15.9 Å². The summed E-state index contributed by atoms with van der Waals surface area (Å²) in [6, 6.07) is 11.9. The molecule has 1 heterocycles. The van der Waals surface area contributed by atoms with Gasteiger partial charge in [-0.05, 0) is 43.5 Å². The number of hydrogen-bond donors (Lipinski definition) is 2. The van der Waals surface area contributed by atoms with Crippen LogP contribution in [0.15, 0.2) is 63.0 Å². The molecule has 0 aliphatic rings. The van der Waals surface area contributed by atoms with Gasteiger partial charge in [-0.15, -0.1) is 0 Å². The van der Waals surface area contributed by atoms with Crippen molar-refractivity contribution in [1.82, 2.24) is 19.2 Å². The Morgan fingerprint density at radius 2 is 1.77 bits per heavy atom. The van der Waals surface area contributed by atoms with Crippen LogP contribution in [0.4, 0.5) is 0 Å². The Balaban J connectivity index is 1.90. The topological polar surface area (TPSA) is 128 Å². The molecule has 0 aliphatic carbocycles. The van der Waals surface area contributed by atoms with Crippen LogP contribution < -0.4 is 21.3 Å². The zero-order valence-electron chi connectivity index (χ0n) is 20.0. The van der Waals surface area contributed by atoms with Crippen LogP contribution in [0, 0.1) is 0 Å². The lowest BCUT2D eigenvalue weighted by molar-refractivity contribution is -0.122. The minimum atomic E-state index is -4.18. The van der Waals surface area contributed by atoms with E-state index in [0.29, 0.717) is 31.7 Å². The monoisotopic (exact) mass is 502 g/mol. The van der Waals surface area contributed by atoms with Gasteiger partial charge in [-0.25, -0.2) is 13.2 Å². The van der Waals surface area contributed by atoms with Crippen molar-refractivity contribution in [2.75, 3.05) is 19.8 Å². The standard InChI is InChI=1S/C24H30N4O6S/c1-4-34-14-8-13-25-22(29)20(15-17-9-6-5-7-10-17)26-35(32,33)18-11-12-21-19(16-18)23(30)28(3)24(31)27(21)2/h5-7,9-12,16,20,26H,4,8,13-15H2,1-3H3,(H,25,29)/t20-/m1/s1. The molecule has 0 bridgehead atoms. The number of amides is 1. The Bertz CT molecular complexity index is 1410. The van der Waals surface area contributed by atoms with Crippen molar-refractivity contribution in [3.8, 4) is 0 Å². The summed E-state index contributed by atoms with van der Waals surface area (Å²) in [6.45, 7) is 3.28. The van der Waals surface area contributed by atoms with Crippen molar-refractivity contribution in [3.63, 3.8) is 0 Å². The molecule has 0 saturated carbocycles. The van der Waals surface area contributed by atoms with Gasteiger partial charge in [0.1, 0.15) is 6.04 Å². The second-order valence-corrected chi connectivity index (χ2v) is 9.80. The summed E-state index contributed by atoms with van der Waals surface area (Å²) < 4.78 is 36.5. The maximum atomic E-state index is 13.3. The average Bonchev–Trinajstić information content (AvgIpc) is 2.85. The molecule has 3 aromatic rings. The fraction of sp³-hybridized carbons (Fsp3) is 0.375. The van der Waals surface area contributed by atoms with Crippen LogP contribution in [0.25, 0.3) is 10.9 Å². The molecule has 1 aromatic heterocycles. The van der Waals surface area contributed by atoms with Gasteiger partial charge >= 0.3 is 5.69 Å². The van der Waals surface area contributed by atoms with E-state index in [4.69, 9.17) is 4.74 Å². The number of ether oxygens (including phenoxy) is 1. The number of aromatic nitrogens is 2. The van der Waals surface area contributed by atoms with Crippen molar-refractivity contribution in [2.45, 2.75) is 30.7 Å². The molecule has 35 heavy (non-hydrogen) atoms. The van der Waals surface area contributed by atoms with E-state index in [0.717, 1.165) is 10.1 Å². The number of sulfonamides is 1. The number of benzene rings is 2. The highest BCUT2D eigenvalue weighted by Gasteiger charge is 2.26. The first-order valence-corrected chi connectivity index (χ1v) is 12.8. The largest absolute Gasteiger partial charge is 0.382 e. The highest BCUT2D eigenvalue weighted by Crippen LogP contribution is 2.16. The Labute approximate surface area is 203 Å². The van der Waals surface area contributed by atoms with Gasteiger partial charge < -0.3 is 10.1 Å². The smallest absolute Gasteiger partial charge is 0.330 e. The fourth-order valence-corrected chi connectivity index (χ4v) is 4.91. The second kappa shape index (κ2) is 11.4. The van der Waals surface area contributed by atoms with Gasteiger partial charge in [0, 0.05) is 33.9 Å². The zero-order chi connectivity index (χ0) is 25.6. The van der Waals surface area contributed by atoms with Crippen LogP contribution in [-0.2, 0) is 40.1 Å². The summed E-state index contributed by atoms with van der Waals surface area (Å²) in [4.78, 5) is 37.5. The molecule has 0 unspecified atom stereocenters. The summed E-state index contributed by atoms with van der Waals surface area (Å²) >= 11 is 0. The molecular formula is C24H30N4O6S. The quantitative estimate of drug-likeness (QED) is 0.371. The fourth-order valence-electron chi connectivity index (χ4n) is 3.69. The third kappa shape index (κ3) is 6.24. The molecule has 0 radical (unpaired) electrons. The van der Waals surface area contributed by atoms with Crippen molar-refractivity contribution in [1.29, 1.82) is 0 Å². The minimum Gasteiger partial charge on any atom is -0.382 e. The summed E-state index contributed by atoms with van der Waals surface area (Å²) in [5.41, 5.74) is -0.0230. The van der Waals surface area contributed by atoms with E-state index in [-0.39, 0.29) is 16.7 Å². The van der Waals surface area contributed by atoms with Gasteiger partial charge in [0.15, 0.2) is 0 Å². The number of nitrogens with zero attached hydrogens (tertiary/aromatic N) is 2. The molecule has 188 valence electrons. The molecule has 2 N–H and O–H groups in total. The third-order valence-electron chi connectivity index (χ3n) is 5.61. The van der Waals surface area contributed by atoms with Crippen LogP contribution in [0.1, 0.15) is 18.9 Å². The first-order valence-electron chi connectivity index (χ1n) is 11.3. The highest BCUT2D eigenvalue weighted by atomic mass is 32.2. The van der Waals surface area contributed by atoms with E-state index in [2.05, 4.69) is 10.0 Å². The van der Waals surface area contributed by atoms with E-state index >= 15 is 0 Å². The predicted molar refractivity (Wildman–Crippen MR) is 133 cm³/mol. The van der Waals surface area contributed by atoms with E-state index in [1.807, 2.05) is 37.3 Å². The Morgan fingerprint density at radius 3 is 2.46 bits per heavy atom. The summed E-state index contributed by atoms with van der Waals surface area (Å²) in [5, 5.41) is 2.84. The SMILES string of the molecule is CCOCCCNC(=O)[C@@H](Cc1ccccc1)NS(=O)(=O)c1ccc2c(c1)c(=O)n(C)c(=O)n2C. The normalized spacial score (nSPS) is 12.5. The third-order valence-corrected chi connectivity index (χ3v) is 7.08. The van der Waals surface area contributed by atoms with Gasteiger partial charge in [0.25, 0.3) is 5.56 Å². The molecule has 1 amide bonds. The summed E-state index contributed by atoms with van der Waals surface area (Å²) in [7, 11) is -1.35. The van der Waals surface area contributed by atoms with E-state index in [1.54, 1.807) is 0 Å². The van der Waals surface area contributed by atoms with Crippen molar-refractivity contribution in [3.05, 3.63) is 74.9 Å². The Kier molecular flexibility index (Phi) is 8.60. The number of aryl methyl sites for hydroxylation is 1.